The molecule has 2 aromatic heterocycles. The molecule has 6 nitrogen and oxygen atoms in total. The average molecular weight is 478 g/mol. The lowest BCUT2D eigenvalue weighted by Crippen LogP contribution is -2.55. The van der Waals surface area contributed by atoms with E-state index < -0.39 is 0 Å². The number of amides is 1. The molecule has 1 atom stereocenters. The molecule has 1 aliphatic heterocycles. The summed E-state index contributed by atoms with van der Waals surface area (Å²) in [5.41, 5.74) is 7.76. The molecule has 1 saturated heterocycles. The predicted octanol–water partition coefficient (Wildman–Crippen LogP) is 4.83. The van der Waals surface area contributed by atoms with Crippen LogP contribution in [0.1, 0.15) is 17.4 Å². The molecular weight excluding hydrogens is 454 g/mol. The van der Waals surface area contributed by atoms with E-state index in [1.807, 2.05) is 42.2 Å². The monoisotopic (exact) mass is 477 g/mol. The second-order valence-corrected chi connectivity index (χ2v) is 9.83. The van der Waals surface area contributed by atoms with Crippen molar-refractivity contribution in [3.05, 3.63) is 70.3 Å². The quantitative estimate of drug-likeness (QED) is 0.445. The van der Waals surface area contributed by atoms with Crippen LogP contribution in [0.4, 0.5) is 5.82 Å². The van der Waals surface area contributed by atoms with E-state index in [1.165, 1.54) is 15.9 Å². The molecular formula is C25H24ClN5OS. The Hall–Kier alpha value is -3.00. The molecule has 1 aliphatic rings. The Labute approximate surface area is 201 Å². The number of carbonyl (C=O) groups is 1. The number of rotatable bonds is 5. The van der Waals surface area contributed by atoms with Gasteiger partial charge < -0.3 is 10.6 Å². The van der Waals surface area contributed by atoms with E-state index in [0.29, 0.717) is 18.9 Å². The highest BCUT2D eigenvalue weighted by molar-refractivity contribution is 7.19. The Morgan fingerprint density at radius 2 is 2.06 bits per heavy atom. The molecule has 5 rings (SSSR count). The van der Waals surface area contributed by atoms with Gasteiger partial charge in [-0.3, -0.25) is 9.69 Å². The Kier molecular flexibility index (Phi) is 6.01. The zero-order valence-corrected chi connectivity index (χ0v) is 19.8. The van der Waals surface area contributed by atoms with Crippen molar-refractivity contribution in [2.45, 2.75) is 19.5 Å². The molecule has 2 aromatic carbocycles. The molecule has 168 valence electrons. The van der Waals surface area contributed by atoms with Gasteiger partial charge in [-0.1, -0.05) is 23.7 Å². The van der Waals surface area contributed by atoms with Gasteiger partial charge >= 0.3 is 0 Å². The summed E-state index contributed by atoms with van der Waals surface area (Å²) < 4.78 is 1.22. The first-order valence-corrected chi connectivity index (χ1v) is 12.0. The van der Waals surface area contributed by atoms with E-state index in [9.17, 15) is 4.79 Å². The fourth-order valence-electron chi connectivity index (χ4n) is 4.24. The van der Waals surface area contributed by atoms with Crippen molar-refractivity contribution in [2.75, 3.05) is 25.4 Å². The summed E-state index contributed by atoms with van der Waals surface area (Å²) in [7, 11) is 0. The third kappa shape index (κ3) is 4.57. The van der Waals surface area contributed by atoms with E-state index in [2.05, 4.69) is 39.2 Å². The number of anilines is 1. The molecule has 1 amide bonds. The van der Waals surface area contributed by atoms with E-state index in [1.54, 1.807) is 11.3 Å². The normalized spacial score (nSPS) is 17.6. The van der Waals surface area contributed by atoms with Gasteiger partial charge in [0.1, 0.15) is 12.1 Å². The number of hydrogen-bond donors (Lipinski definition) is 1. The van der Waals surface area contributed by atoms with Gasteiger partial charge in [0.25, 0.3) is 0 Å². The lowest BCUT2D eigenvalue weighted by Gasteiger charge is -2.38. The van der Waals surface area contributed by atoms with Crippen LogP contribution in [0.5, 0.6) is 0 Å². The van der Waals surface area contributed by atoms with Crippen LogP contribution in [0.3, 0.4) is 0 Å². The van der Waals surface area contributed by atoms with E-state index >= 15 is 0 Å². The van der Waals surface area contributed by atoms with Crippen molar-refractivity contribution in [2.24, 2.45) is 0 Å². The summed E-state index contributed by atoms with van der Waals surface area (Å²) in [6.45, 7) is 4.82. The van der Waals surface area contributed by atoms with Gasteiger partial charge in [0.05, 0.1) is 11.6 Å². The van der Waals surface area contributed by atoms with Crippen molar-refractivity contribution in [1.82, 2.24) is 19.8 Å². The second-order valence-electron chi connectivity index (χ2n) is 8.27. The second kappa shape index (κ2) is 9.09. The van der Waals surface area contributed by atoms with Crippen LogP contribution in [-0.4, -0.2) is 51.4 Å². The summed E-state index contributed by atoms with van der Waals surface area (Å²) in [6.07, 6.45) is 5.74. The molecule has 0 saturated carbocycles. The highest BCUT2D eigenvalue weighted by atomic mass is 35.5. The first-order valence-electron chi connectivity index (χ1n) is 10.9. The number of piperazine rings is 1. The molecule has 0 aliphatic carbocycles. The van der Waals surface area contributed by atoms with Gasteiger partial charge in [0.2, 0.25) is 5.91 Å². The van der Waals surface area contributed by atoms with Crippen LogP contribution in [-0.2, 0) is 11.3 Å². The fourth-order valence-corrected chi connectivity index (χ4v) is 5.40. The van der Waals surface area contributed by atoms with Crippen LogP contribution in [0, 0.1) is 0 Å². The number of nitrogen functional groups attached to an aromatic ring is 1. The molecule has 0 radical (unpaired) electrons. The summed E-state index contributed by atoms with van der Waals surface area (Å²) in [5.74, 6) is 0.616. The largest absolute Gasteiger partial charge is 0.383 e. The lowest BCUT2D eigenvalue weighted by atomic mass is 10.1. The molecule has 3 heterocycles. The number of nitrogens with two attached hydrogens (primary N) is 1. The lowest BCUT2D eigenvalue weighted by molar-refractivity contribution is -0.141. The van der Waals surface area contributed by atoms with Crippen molar-refractivity contribution < 1.29 is 4.79 Å². The summed E-state index contributed by atoms with van der Waals surface area (Å²) in [6, 6.07) is 13.9. The van der Waals surface area contributed by atoms with E-state index in [0.717, 1.165) is 40.0 Å². The Balaban J connectivity index is 1.21. The van der Waals surface area contributed by atoms with Gasteiger partial charge in [0.15, 0.2) is 0 Å². The maximum Gasteiger partial charge on any atom is 0.239 e. The van der Waals surface area contributed by atoms with Crippen LogP contribution < -0.4 is 5.73 Å². The molecule has 1 fully saturated rings. The number of hydrogen-bond acceptors (Lipinski definition) is 6. The van der Waals surface area contributed by atoms with E-state index in [-0.39, 0.29) is 11.9 Å². The van der Waals surface area contributed by atoms with Crippen molar-refractivity contribution in [3.63, 3.8) is 0 Å². The van der Waals surface area contributed by atoms with Crippen LogP contribution >= 0.6 is 22.9 Å². The SMILES string of the molecule is C[C@H]1C(=O)N(Cc2ccc3c(N)ncnc3c2)CCN1CC=Cc1cc2cc(Cl)ccc2s1. The number of nitrogens with zero attached hydrogens (tertiary/aromatic N) is 4. The van der Waals surface area contributed by atoms with Crippen molar-refractivity contribution in [1.29, 1.82) is 0 Å². The maximum atomic E-state index is 13.0. The molecule has 0 unspecified atom stereocenters. The number of benzene rings is 2. The van der Waals surface area contributed by atoms with E-state index in [4.69, 9.17) is 17.3 Å². The molecule has 4 aromatic rings. The Morgan fingerprint density at radius 1 is 1.18 bits per heavy atom. The maximum absolute atomic E-state index is 13.0. The summed E-state index contributed by atoms with van der Waals surface area (Å²) in [4.78, 5) is 26.7. The topological polar surface area (TPSA) is 75.3 Å². The highest BCUT2D eigenvalue weighted by Crippen LogP contribution is 2.29. The van der Waals surface area contributed by atoms with Gasteiger partial charge in [-0.15, -0.1) is 11.3 Å². The smallest absolute Gasteiger partial charge is 0.239 e. The molecule has 33 heavy (non-hydrogen) atoms. The number of fused-ring (bicyclic) bond motifs is 2. The number of thiophene rings is 1. The van der Waals surface area contributed by atoms with Crippen molar-refractivity contribution >= 4 is 61.7 Å². The first-order chi connectivity index (χ1) is 16.0. The average Bonchev–Trinajstić information content (AvgIpc) is 3.20. The minimum atomic E-state index is -0.164. The predicted molar refractivity (Wildman–Crippen MR) is 136 cm³/mol. The number of carbonyl (C=O) groups excluding carboxylic acids is 1. The number of aromatic nitrogens is 2. The van der Waals surface area contributed by atoms with Gasteiger partial charge in [-0.2, -0.15) is 0 Å². The van der Waals surface area contributed by atoms with Crippen molar-refractivity contribution in [3.8, 4) is 0 Å². The van der Waals surface area contributed by atoms with Crippen LogP contribution in [0.15, 0.2) is 54.9 Å². The van der Waals surface area contributed by atoms with Crippen LogP contribution in [0.25, 0.3) is 27.1 Å². The summed E-state index contributed by atoms with van der Waals surface area (Å²) in [5, 5.41) is 2.74. The summed E-state index contributed by atoms with van der Waals surface area (Å²) >= 11 is 7.83. The molecule has 8 heteroatoms. The fraction of sp³-hybridized carbons (Fsp3) is 0.240. The first kappa shape index (κ1) is 21.8. The third-order valence-electron chi connectivity index (χ3n) is 6.10. The Bertz CT molecular complexity index is 1370. The van der Waals surface area contributed by atoms with Gasteiger partial charge in [-0.05, 0) is 60.3 Å². The minimum Gasteiger partial charge on any atom is -0.383 e. The standard InChI is InChI=1S/C25H24ClN5OS/c1-16-25(32)31(14-17-4-6-21-22(11-17)28-15-29-24(21)27)10-9-30(16)8-2-3-20-13-18-12-19(26)5-7-23(18)33-20/h2-7,11-13,15-16H,8-10,14H2,1H3,(H2,27,28,29)/t16-/m0/s1. The zero-order chi connectivity index (χ0) is 22.9. The van der Waals surface area contributed by atoms with Crippen LogP contribution in [0.2, 0.25) is 5.02 Å². The molecule has 2 N–H and O–H groups in total. The zero-order valence-electron chi connectivity index (χ0n) is 18.2. The van der Waals surface area contributed by atoms with Gasteiger partial charge in [-0.25, -0.2) is 9.97 Å². The molecule has 0 bridgehead atoms. The minimum absolute atomic E-state index is 0.147. The molecule has 0 spiro atoms. The van der Waals surface area contributed by atoms with Gasteiger partial charge in [0, 0.05) is 46.2 Å². The third-order valence-corrected chi connectivity index (χ3v) is 7.41. The number of halogens is 1. The Morgan fingerprint density at radius 3 is 2.94 bits per heavy atom. The highest BCUT2D eigenvalue weighted by Gasteiger charge is 2.30.